The molecular weight excluding hydrogens is 266 g/mol. The number of halogens is 1. The van der Waals surface area contributed by atoms with Crippen LogP contribution < -0.4 is 4.90 Å². The molecule has 19 heavy (non-hydrogen) atoms. The Kier molecular flexibility index (Phi) is 3.91. The molecule has 1 saturated heterocycles. The number of rotatable bonds is 3. The van der Waals surface area contributed by atoms with Crippen molar-refractivity contribution in [2.75, 3.05) is 18.0 Å². The van der Waals surface area contributed by atoms with Crippen molar-refractivity contribution in [2.24, 2.45) is 11.0 Å². The van der Waals surface area contributed by atoms with E-state index in [-0.39, 0.29) is 11.8 Å². The Labute approximate surface area is 114 Å². The van der Waals surface area contributed by atoms with Crippen LogP contribution >= 0.6 is 11.6 Å². The fourth-order valence-corrected chi connectivity index (χ4v) is 2.29. The van der Waals surface area contributed by atoms with E-state index < -0.39 is 0 Å². The number of nitrogens with zero attached hydrogens (tertiary/aromatic N) is 5. The van der Waals surface area contributed by atoms with Crippen LogP contribution in [-0.2, 0) is 4.79 Å². The molecule has 0 N–H and O–H groups in total. The molecule has 0 spiro atoms. The SMILES string of the molecule is N#Cc1ccc(N2CC(CN=[N+]=[N-])CC2=O)cc1Cl. The first-order valence-electron chi connectivity index (χ1n) is 5.66. The van der Waals surface area contributed by atoms with E-state index in [0.29, 0.717) is 35.8 Å². The number of amides is 1. The predicted molar refractivity (Wildman–Crippen MR) is 70.6 cm³/mol. The van der Waals surface area contributed by atoms with Gasteiger partial charge in [-0.1, -0.05) is 16.7 Å². The van der Waals surface area contributed by atoms with Crippen molar-refractivity contribution in [3.8, 4) is 6.07 Å². The molecule has 7 heteroatoms. The first kappa shape index (κ1) is 13.2. The van der Waals surface area contributed by atoms with Crippen LogP contribution in [0.4, 0.5) is 5.69 Å². The van der Waals surface area contributed by atoms with Gasteiger partial charge in [-0.15, -0.1) is 0 Å². The van der Waals surface area contributed by atoms with Crippen molar-refractivity contribution < 1.29 is 4.79 Å². The van der Waals surface area contributed by atoms with E-state index in [4.69, 9.17) is 22.4 Å². The fourth-order valence-electron chi connectivity index (χ4n) is 2.07. The molecule has 96 valence electrons. The molecular formula is C12H10ClN5O. The first-order chi connectivity index (χ1) is 9.15. The molecule has 1 unspecified atom stereocenters. The number of benzene rings is 1. The lowest BCUT2D eigenvalue weighted by atomic mass is 10.1. The summed E-state index contributed by atoms with van der Waals surface area (Å²) in [6, 6.07) is 6.86. The summed E-state index contributed by atoms with van der Waals surface area (Å²) in [4.78, 5) is 16.2. The van der Waals surface area contributed by atoms with E-state index in [1.54, 1.807) is 23.1 Å². The topological polar surface area (TPSA) is 92.9 Å². The molecule has 1 aliphatic heterocycles. The smallest absolute Gasteiger partial charge is 0.227 e. The molecule has 0 bridgehead atoms. The molecule has 1 amide bonds. The largest absolute Gasteiger partial charge is 0.312 e. The highest BCUT2D eigenvalue weighted by Gasteiger charge is 2.30. The van der Waals surface area contributed by atoms with Gasteiger partial charge in [0, 0.05) is 30.1 Å². The number of carbonyl (C=O) groups excluding carboxylic acids is 1. The molecule has 1 atom stereocenters. The molecule has 0 aliphatic carbocycles. The molecule has 0 saturated carbocycles. The summed E-state index contributed by atoms with van der Waals surface area (Å²) in [5, 5.41) is 12.6. The number of hydrogen-bond acceptors (Lipinski definition) is 3. The Hall–Kier alpha value is -2.22. The number of azide groups is 1. The third-order valence-electron chi connectivity index (χ3n) is 2.99. The summed E-state index contributed by atoms with van der Waals surface area (Å²) in [5.41, 5.74) is 9.32. The fraction of sp³-hybridized carbons (Fsp3) is 0.333. The first-order valence-corrected chi connectivity index (χ1v) is 6.04. The summed E-state index contributed by atoms with van der Waals surface area (Å²) in [5.74, 6) is -0.00303. The van der Waals surface area contributed by atoms with Gasteiger partial charge in [-0.2, -0.15) is 5.26 Å². The van der Waals surface area contributed by atoms with Crippen LogP contribution in [0.25, 0.3) is 10.4 Å². The van der Waals surface area contributed by atoms with Crippen LogP contribution in [0.2, 0.25) is 5.02 Å². The molecule has 2 rings (SSSR count). The van der Waals surface area contributed by atoms with E-state index in [9.17, 15) is 4.79 Å². The summed E-state index contributed by atoms with van der Waals surface area (Å²) < 4.78 is 0. The normalized spacial score (nSPS) is 18.0. The van der Waals surface area contributed by atoms with Gasteiger partial charge in [0.25, 0.3) is 0 Å². The maximum atomic E-state index is 11.9. The lowest BCUT2D eigenvalue weighted by Crippen LogP contribution is -2.24. The van der Waals surface area contributed by atoms with Crippen LogP contribution in [0.15, 0.2) is 23.3 Å². The lowest BCUT2D eigenvalue weighted by Gasteiger charge is -2.17. The number of hydrogen-bond donors (Lipinski definition) is 0. The van der Waals surface area contributed by atoms with E-state index in [0.717, 1.165) is 0 Å². The van der Waals surface area contributed by atoms with Gasteiger partial charge in [-0.05, 0) is 29.6 Å². The van der Waals surface area contributed by atoms with E-state index in [2.05, 4.69) is 10.0 Å². The molecule has 1 aromatic carbocycles. The Morgan fingerprint density at radius 3 is 3.05 bits per heavy atom. The van der Waals surface area contributed by atoms with Crippen LogP contribution in [0.3, 0.4) is 0 Å². The zero-order chi connectivity index (χ0) is 13.8. The monoisotopic (exact) mass is 275 g/mol. The van der Waals surface area contributed by atoms with Gasteiger partial charge in [0.1, 0.15) is 6.07 Å². The summed E-state index contributed by atoms with van der Waals surface area (Å²) >= 11 is 5.95. The Morgan fingerprint density at radius 1 is 1.63 bits per heavy atom. The van der Waals surface area contributed by atoms with Crippen molar-refractivity contribution in [3.63, 3.8) is 0 Å². The van der Waals surface area contributed by atoms with Crippen molar-refractivity contribution in [1.29, 1.82) is 5.26 Å². The minimum atomic E-state index is -0.0288. The standard InChI is InChI=1S/C12H10ClN5O/c13-11-4-10(2-1-9(11)5-14)18-7-8(3-12(18)19)6-16-17-15/h1-2,4,8H,3,6-7H2. The Morgan fingerprint density at radius 2 is 2.42 bits per heavy atom. The molecule has 6 nitrogen and oxygen atoms in total. The third kappa shape index (κ3) is 2.79. The zero-order valence-electron chi connectivity index (χ0n) is 9.95. The number of carbonyl (C=O) groups is 1. The third-order valence-corrected chi connectivity index (χ3v) is 3.31. The second kappa shape index (κ2) is 5.61. The molecule has 0 radical (unpaired) electrons. The van der Waals surface area contributed by atoms with Crippen LogP contribution in [-0.4, -0.2) is 19.0 Å². The molecule has 1 fully saturated rings. The van der Waals surface area contributed by atoms with E-state index in [1.807, 2.05) is 6.07 Å². The van der Waals surface area contributed by atoms with Crippen molar-refractivity contribution in [2.45, 2.75) is 6.42 Å². The van der Waals surface area contributed by atoms with Gasteiger partial charge in [0.05, 0.1) is 10.6 Å². The van der Waals surface area contributed by atoms with Gasteiger partial charge >= 0.3 is 0 Å². The molecule has 1 aromatic rings. The highest BCUT2D eigenvalue weighted by atomic mass is 35.5. The van der Waals surface area contributed by atoms with Gasteiger partial charge < -0.3 is 4.90 Å². The quantitative estimate of drug-likeness (QED) is 0.482. The second-order valence-electron chi connectivity index (χ2n) is 4.26. The minimum absolute atomic E-state index is 0.0258. The maximum absolute atomic E-state index is 11.9. The van der Waals surface area contributed by atoms with Crippen molar-refractivity contribution in [1.82, 2.24) is 0 Å². The van der Waals surface area contributed by atoms with E-state index >= 15 is 0 Å². The minimum Gasteiger partial charge on any atom is -0.312 e. The van der Waals surface area contributed by atoms with Crippen LogP contribution in [0.1, 0.15) is 12.0 Å². The van der Waals surface area contributed by atoms with Crippen molar-refractivity contribution in [3.05, 3.63) is 39.2 Å². The molecule has 0 aromatic heterocycles. The van der Waals surface area contributed by atoms with Gasteiger partial charge in [0.2, 0.25) is 5.91 Å². The highest BCUT2D eigenvalue weighted by molar-refractivity contribution is 6.32. The average Bonchev–Trinajstić information content (AvgIpc) is 2.77. The summed E-state index contributed by atoms with van der Waals surface area (Å²) in [7, 11) is 0. The average molecular weight is 276 g/mol. The van der Waals surface area contributed by atoms with Gasteiger partial charge in [0.15, 0.2) is 0 Å². The molecule has 1 heterocycles. The maximum Gasteiger partial charge on any atom is 0.227 e. The van der Waals surface area contributed by atoms with Crippen LogP contribution in [0, 0.1) is 17.2 Å². The predicted octanol–water partition coefficient (Wildman–Crippen LogP) is 2.87. The van der Waals surface area contributed by atoms with Gasteiger partial charge in [-0.3, -0.25) is 4.79 Å². The number of anilines is 1. The van der Waals surface area contributed by atoms with E-state index in [1.165, 1.54) is 0 Å². The highest BCUT2D eigenvalue weighted by Crippen LogP contribution is 2.28. The Bertz CT molecular complexity index is 603. The number of nitriles is 1. The second-order valence-corrected chi connectivity index (χ2v) is 4.67. The zero-order valence-corrected chi connectivity index (χ0v) is 10.7. The Balaban J connectivity index is 2.19. The molecule has 1 aliphatic rings. The summed E-state index contributed by atoms with van der Waals surface area (Å²) in [6.07, 6.45) is 0.358. The lowest BCUT2D eigenvalue weighted by molar-refractivity contribution is -0.117. The summed E-state index contributed by atoms with van der Waals surface area (Å²) in [6.45, 7) is 0.808. The van der Waals surface area contributed by atoms with Gasteiger partial charge in [-0.25, -0.2) is 0 Å². The van der Waals surface area contributed by atoms with Crippen LogP contribution in [0.5, 0.6) is 0 Å². The van der Waals surface area contributed by atoms with Crippen molar-refractivity contribution >= 4 is 23.2 Å².